The van der Waals surface area contributed by atoms with Crippen LogP contribution in [0.15, 0.2) is 0 Å². The molecule has 77 valence electrons. The molecule has 0 rings (SSSR count). The number of nitrogens with zero attached hydrogens (tertiary/aromatic N) is 1. The molecule has 2 N–H and O–H groups in total. The number of hydrogen-bond acceptors (Lipinski definition) is 2. The molecule has 2 amide bonds. The van der Waals surface area contributed by atoms with Crippen molar-refractivity contribution in [3.63, 3.8) is 0 Å². The SMILES string of the molecule is CCN(CC)C(=O)S.NC(=O)S.[Bi]. The van der Waals surface area contributed by atoms with Crippen LogP contribution in [0.25, 0.3) is 0 Å². The molecule has 3 radical (unpaired) electrons. The molecule has 0 bridgehead atoms. The third-order valence-corrected chi connectivity index (χ3v) is 1.32. The van der Waals surface area contributed by atoms with Gasteiger partial charge in [-0.15, -0.1) is 0 Å². The van der Waals surface area contributed by atoms with Gasteiger partial charge in [0.2, 0.25) is 0 Å². The van der Waals surface area contributed by atoms with E-state index in [0.717, 1.165) is 13.1 Å². The van der Waals surface area contributed by atoms with E-state index >= 15 is 0 Å². The van der Waals surface area contributed by atoms with Crippen molar-refractivity contribution in [1.82, 2.24) is 4.90 Å². The van der Waals surface area contributed by atoms with Crippen LogP contribution >= 0.6 is 25.3 Å². The number of hydrogen-bond donors (Lipinski definition) is 3. The average Bonchev–Trinajstić information content (AvgIpc) is 1.87. The standard InChI is InChI=1S/C5H11NOS.CH3NOS.Bi/c1-3-6(4-2)5(7)8;2-1(3)4;/h3-4H2,1-2H3,(H,7,8);(H3,2,3,4);. The quantitative estimate of drug-likeness (QED) is 0.462. The van der Waals surface area contributed by atoms with E-state index in [1.54, 1.807) is 4.90 Å². The maximum Gasteiger partial charge on any atom is 0.278 e. The zero-order chi connectivity index (χ0) is 10.1. The molecule has 7 heteroatoms. The van der Waals surface area contributed by atoms with Gasteiger partial charge in [0.1, 0.15) is 0 Å². The normalized spacial score (nSPS) is 7.38. The topological polar surface area (TPSA) is 63.4 Å². The van der Waals surface area contributed by atoms with Crippen LogP contribution in [0.3, 0.4) is 0 Å². The molecule has 0 atom stereocenters. The van der Waals surface area contributed by atoms with E-state index in [1.165, 1.54) is 0 Å². The van der Waals surface area contributed by atoms with Crippen molar-refractivity contribution in [2.24, 2.45) is 5.73 Å². The Balaban J connectivity index is -0.000000173. The fourth-order valence-corrected chi connectivity index (χ4v) is 0.777. The average molecular weight is 419 g/mol. The van der Waals surface area contributed by atoms with Gasteiger partial charge in [-0.2, -0.15) is 0 Å². The Morgan fingerprint density at radius 1 is 1.23 bits per heavy atom. The van der Waals surface area contributed by atoms with Crippen molar-refractivity contribution >= 4 is 61.9 Å². The van der Waals surface area contributed by atoms with E-state index in [2.05, 4.69) is 31.0 Å². The second-order valence-electron chi connectivity index (χ2n) is 1.79. The van der Waals surface area contributed by atoms with Gasteiger partial charge in [0, 0.05) is 39.3 Å². The molecule has 0 saturated heterocycles. The third kappa shape index (κ3) is 19.1. The summed E-state index contributed by atoms with van der Waals surface area (Å²) >= 11 is 6.75. The minimum Gasteiger partial charge on any atom is -0.361 e. The van der Waals surface area contributed by atoms with Gasteiger partial charge < -0.3 is 10.6 Å². The summed E-state index contributed by atoms with van der Waals surface area (Å²) in [5.74, 6) is 0. The molecule has 0 heterocycles. The van der Waals surface area contributed by atoms with E-state index < -0.39 is 5.24 Å². The number of thiol groups is 2. The molecule has 0 aromatic heterocycles. The van der Waals surface area contributed by atoms with Crippen LogP contribution < -0.4 is 5.73 Å². The van der Waals surface area contributed by atoms with Crippen LogP contribution in [0, 0.1) is 0 Å². The van der Waals surface area contributed by atoms with Gasteiger partial charge in [0.25, 0.3) is 10.5 Å². The largest absolute Gasteiger partial charge is 0.361 e. The summed E-state index contributed by atoms with van der Waals surface area (Å²) in [5, 5.41) is -0.782. The van der Waals surface area contributed by atoms with Crippen molar-refractivity contribution in [2.75, 3.05) is 13.1 Å². The Morgan fingerprint density at radius 3 is 1.46 bits per heavy atom. The van der Waals surface area contributed by atoms with Crippen molar-refractivity contribution in [1.29, 1.82) is 0 Å². The molecule has 0 spiro atoms. The fraction of sp³-hybridized carbons (Fsp3) is 0.667. The minimum atomic E-state index is -0.639. The third-order valence-electron chi connectivity index (χ3n) is 1.03. The maximum atomic E-state index is 10.4. The summed E-state index contributed by atoms with van der Waals surface area (Å²) in [6, 6.07) is 0. The monoisotopic (exact) mass is 419 g/mol. The summed E-state index contributed by atoms with van der Waals surface area (Å²) in [4.78, 5) is 21.1. The van der Waals surface area contributed by atoms with Crippen LogP contribution in [0.5, 0.6) is 0 Å². The molecule has 0 saturated carbocycles. The van der Waals surface area contributed by atoms with Crippen molar-refractivity contribution < 1.29 is 9.59 Å². The second kappa shape index (κ2) is 12.5. The van der Waals surface area contributed by atoms with Gasteiger partial charge in [-0.05, 0) is 13.8 Å². The number of rotatable bonds is 2. The summed E-state index contributed by atoms with van der Waals surface area (Å²) < 4.78 is 0. The molecule has 0 aromatic carbocycles. The molecule has 0 unspecified atom stereocenters. The number of amides is 2. The van der Waals surface area contributed by atoms with E-state index in [-0.39, 0.29) is 31.4 Å². The first-order valence-electron chi connectivity index (χ1n) is 3.41. The number of carbonyl (C=O) groups excluding carboxylic acids is 2. The van der Waals surface area contributed by atoms with Crippen molar-refractivity contribution in [3.8, 4) is 0 Å². The summed E-state index contributed by atoms with van der Waals surface area (Å²) in [7, 11) is 0. The zero-order valence-electron chi connectivity index (χ0n) is 7.60. The van der Waals surface area contributed by atoms with E-state index in [1.807, 2.05) is 13.8 Å². The Morgan fingerprint density at radius 2 is 1.46 bits per heavy atom. The molecule has 0 aliphatic heterocycles. The Labute approximate surface area is 109 Å². The van der Waals surface area contributed by atoms with Crippen LogP contribution in [0.2, 0.25) is 0 Å². The van der Waals surface area contributed by atoms with Crippen LogP contribution in [0.4, 0.5) is 9.59 Å². The molecular formula is C6H14BiN2O2S2. The Hall–Kier alpha value is 0.523. The van der Waals surface area contributed by atoms with E-state index in [4.69, 9.17) is 4.79 Å². The number of primary amides is 1. The zero-order valence-corrected chi connectivity index (χ0v) is 12.9. The summed E-state index contributed by atoms with van der Waals surface area (Å²) in [5.41, 5.74) is 4.34. The molecular weight excluding hydrogens is 405 g/mol. The fourth-order valence-electron chi connectivity index (χ4n) is 0.494. The first kappa shape index (κ1) is 19.2. The van der Waals surface area contributed by atoms with E-state index in [9.17, 15) is 4.79 Å². The van der Waals surface area contributed by atoms with Crippen molar-refractivity contribution in [3.05, 3.63) is 0 Å². The molecule has 0 fully saturated rings. The van der Waals surface area contributed by atoms with Gasteiger partial charge in [0.05, 0.1) is 0 Å². The smallest absolute Gasteiger partial charge is 0.278 e. The van der Waals surface area contributed by atoms with Gasteiger partial charge in [-0.3, -0.25) is 9.59 Å². The van der Waals surface area contributed by atoms with E-state index in [0.29, 0.717) is 0 Å². The first-order chi connectivity index (χ1) is 5.45. The molecule has 0 aromatic rings. The van der Waals surface area contributed by atoms with Crippen LogP contribution in [0.1, 0.15) is 13.8 Å². The van der Waals surface area contributed by atoms with Crippen LogP contribution in [-0.2, 0) is 0 Å². The predicted molar refractivity (Wildman–Crippen MR) is 61.6 cm³/mol. The molecule has 4 nitrogen and oxygen atoms in total. The van der Waals surface area contributed by atoms with Gasteiger partial charge >= 0.3 is 0 Å². The van der Waals surface area contributed by atoms with Crippen molar-refractivity contribution in [2.45, 2.75) is 13.8 Å². The Kier molecular flexibility index (Phi) is 18.4. The summed E-state index contributed by atoms with van der Waals surface area (Å²) in [6.07, 6.45) is 0. The number of nitrogens with two attached hydrogens (primary N) is 1. The molecule has 13 heavy (non-hydrogen) atoms. The minimum absolute atomic E-state index is 0. The second-order valence-corrected chi connectivity index (χ2v) is 2.62. The van der Waals surface area contributed by atoms with Gasteiger partial charge in [-0.1, -0.05) is 25.3 Å². The van der Waals surface area contributed by atoms with Crippen LogP contribution in [-0.4, -0.2) is 54.7 Å². The van der Waals surface area contributed by atoms with Gasteiger partial charge in [-0.25, -0.2) is 0 Å². The number of carbonyl (C=O) groups is 2. The maximum absolute atomic E-state index is 10.4. The molecule has 0 aliphatic rings. The Bertz CT molecular complexity index is 150. The summed E-state index contributed by atoms with van der Waals surface area (Å²) in [6.45, 7) is 5.35. The first-order valence-corrected chi connectivity index (χ1v) is 4.31. The predicted octanol–water partition coefficient (Wildman–Crippen LogP) is 0.992. The van der Waals surface area contributed by atoms with Gasteiger partial charge in [0.15, 0.2) is 0 Å². The molecule has 0 aliphatic carbocycles.